The Kier molecular flexibility index (Phi) is 3.01. The lowest BCUT2D eigenvalue weighted by Crippen LogP contribution is -2.03. The standard InChI is InChI=1S/C13H15ClN2/c1-9-10(2)15-16(11(9)3)8-12-4-6-13(14)7-5-12/h4-7H,8H2,1-3H3. The summed E-state index contributed by atoms with van der Waals surface area (Å²) in [6.07, 6.45) is 0. The van der Waals surface area contributed by atoms with E-state index in [0.717, 1.165) is 17.3 Å². The fraction of sp³-hybridized carbons (Fsp3) is 0.308. The Morgan fingerprint density at radius 3 is 2.25 bits per heavy atom. The summed E-state index contributed by atoms with van der Waals surface area (Å²) in [5.41, 5.74) is 4.82. The molecule has 0 bridgehead atoms. The molecule has 84 valence electrons. The van der Waals surface area contributed by atoms with Crippen LogP contribution in [0.15, 0.2) is 24.3 Å². The molecule has 0 aliphatic rings. The number of hydrogen-bond donors (Lipinski definition) is 0. The molecular weight excluding hydrogens is 220 g/mol. The zero-order chi connectivity index (χ0) is 11.7. The maximum atomic E-state index is 5.85. The maximum absolute atomic E-state index is 5.85. The maximum Gasteiger partial charge on any atom is 0.0662 e. The van der Waals surface area contributed by atoms with Crippen LogP contribution in [0.4, 0.5) is 0 Å². The van der Waals surface area contributed by atoms with Crippen LogP contribution in [-0.4, -0.2) is 9.78 Å². The predicted molar refractivity (Wildman–Crippen MR) is 67.0 cm³/mol. The molecule has 0 atom stereocenters. The quantitative estimate of drug-likeness (QED) is 0.778. The molecule has 16 heavy (non-hydrogen) atoms. The van der Waals surface area contributed by atoms with Gasteiger partial charge in [-0.05, 0) is 44.0 Å². The van der Waals surface area contributed by atoms with Crippen LogP contribution in [0, 0.1) is 20.8 Å². The van der Waals surface area contributed by atoms with Gasteiger partial charge in [0.25, 0.3) is 0 Å². The van der Waals surface area contributed by atoms with E-state index in [-0.39, 0.29) is 0 Å². The average molecular weight is 235 g/mol. The third kappa shape index (κ3) is 2.12. The first-order chi connectivity index (χ1) is 7.58. The van der Waals surface area contributed by atoms with E-state index >= 15 is 0 Å². The fourth-order valence-corrected chi connectivity index (χ4v) is 1.83. The first kappa shape index (κ1) is 11.2. The summed E-state index contributed by atoms with van der Waals surface area (Å²) in [6, 6.07) is 7.90. The highest BCUT2D eigenvalue weighted by atomic mass is 35.5. The van der Waals surface area contributed by atoms with E-state index in [4.69, 9.17) is 11.6 Å². The summed E-state index contributed by atoms with van der Waals surface area (Å²) in [4.78, 5) is 0. The van der Waals surface area contributed by atoms with Crippen LogP contribution in [-0.2, 0) is 6.54 Å². The van der Waals surface area contributed by atoms with Crippen molar-refractivity contribution in [2.24, 2.45) is 0 Å². The molecule has 1 aromatic heterocycles. The fourth-order valence-electron chi connectivity index (χ4n) is 1.70. The molecule has 2 nitrogen and oxygen atoms in total. The number of aromatic nitrogens is 2. The summed E-state index contributed by atoms with van der Waals surface area (Å²) in [7, 11) is 0. The molecule has 0 saturated heterocycles. The topological polar surface area (TPSA) is 17.8 Å². The zero-order valence-corrected chi connectivity index (χ0v) is 10.5. The lowest BCUT2D eigenvalue weighted by molar-refractivity contribution is 0.658. The van der Waals surface area contributed by atoms with Gasteiger partial charge in [0.1, 0.15) is 0 Å². The molecule has 2 aromatic rings. The first-order valence-corrected chi connectivity index (χ1v) is 5.71. The molecule has 1 heterocycles. The second-order valence-electron chi connectivity index (χ2n) is 4.08. The Morgan fingerprint density at radius 1 is 1.12 bits per heavy atom. The Balaban J connectivity index is 2.27. The first-order valence-electron chi connectivity index (χ1n) is 5.33. The smallest absolute Gasteiger partial charge is 0.0662 e. The summed E-state index contributed by atoms with van der Waals surface area (Å²) in [5.74, 6) is 0. The summed E-state index contributed by atoms with van der Waals surface area (Å²) in [5, 5.41) is 5.28. The van der Waals surface area contributed by atoms with Crippen LogP contribution < -0.4 is 0 Å². The second-order valence-corrected chi connectivity index (χ2v) is 4.52. The van der Waals surface area contributed by atoms with E-state index in [2.05, 4.69) is 18.9 Å². The zero-order valence-electron chi connectivity index (χ0n) is 9.79. The number of halogens is 1. The Bertz CT molecular complexity index is 497. The van der Waals surface area contributed by atoms with Gasteiger partial charge in [-0.1, -0.05) is 23.7 Å². The van der Waals surface area contributed by atoms with Crippen molar-refractivity contribution in [1.82, 2.24) is 9.78 Å². The predicted octanol–water partition coefficient (Wildman–Crippen LogP) is 3.51. The number of benzene rings is 1. The van der Waals surface area contributed by atoms with Crippen molar-refractivity contribution >= 4 is 11.6 Å². The SMILES string of the molecule is Cc1nn(Cc2ccc(Cl)cc2)c(C)c1C. The molecule has 0 spiro atoms. The average Bonchev–Trinajstić information content (AvgIpc) is 2.50. The molecule has 0 aliphatic heterocycles. The van der Waals surface area contributed by atoms with Crippen molar-refractivity contribution in [2.75, 3.05) is 0 Å². The minimum absolute atomic E-state index is 0.772. The van der Waals surface area contributed by atoms with Gasteiger partial charge in [-0.2, -0.15) is 5.10 Å². The second kappa shape index (κ2) is 4.30. The lowest BCUT2D eigenvalue weighted by Gasteiger charge is -2.04. The van der Waals surface area contributed by atoms with Gasteiger partial charge >= 0.3 is 0 Å². The molecule has 0 radical (unpaired) electrons. The van der Waals surface area contributed by atoms with Crippen LogP contribution in [0.5, 0.6) is 0 Å². The Labute approximate surface area is 101 Å². The van der Waals surface area contributed by atoms with Crippen molar-refractivity contribution in [3.8, 4) is 0 Å². The molecule has 1 aromatic carbocycles. The molecule has 2 rings (SSSR count). The van der Waals surface area contributed by atoms with Crippen LogP contribution >= 0.6 is 11.6 Å². The third-order valence-corrected chi connectivity index (χ3v) is 3.24. The van der Waals surface area contributed by atoms with Crippen molar-refractivity contribution in [2.45, 2.75) is 27.3 Å². The molecule has 0 saturated carbocycles. The monoisotopic (exact) mass is 234 g/mol. The number of aryl methyl sites for hydroxylation is 1. The van der Waals surface area contributed by atoms with Gasteiger partial charge in [-0.15, -0.1) is 0 Å². The van der Waals surface area contributed by atoms with Crippen LogP contribution in [0.2, 0.25) is 5.02 Å². The van der Waals surface area contributed by atoms with Crippen molar-refractivity contribution < 1.29 is 0 Å². The van der Waals surface area contributed by atoms with Gasteiger partial charge in [-0.3, -0.25) is 4.68 Å². The van der Waals surface area contributed by atoms with E-state index in [1.807, 2.05) is 35.9 Å². The van der Waals surface area contributed by atoms with Crippen LogP contribution in [0.3, 0.4) is 0 Å². The lowest BCUT2D eigenvalue weighted by atomic mass is 10.2. The highest BCUT2D eigenvalue weighted by Crippen LogP contribution is 2.14. The van der Waals surface area contributed by atoms with Gasteiger partial charge in [0, 0.05) is 10.7 Å². The van der Waals surface area contributed by atoms with E-state index in [9.17, 15) is 0 Å². The summed E-state index contributed by atoms with van der Waals surface area (Å²) >= 11 is 5.85. The molecular formula is C13H15ClN2. The van der Waals surface area contributed by atoms with E-state index < -0.39 is 0 Å². The van der Waals surface area contributed by atoms with Gasteiger partial charge in [-0.25, -0.2) is 0 Å². The molecule has 0 aliphatic carbocycles. The molecule has 0 N–H and O–H groups in total. The van der Waals surface area contributed by atoms with Gasteiger partial charge < -0.3 is 0 Å². The largest absolute Gasteiger partial charge is 0.265 e. The van der Waals surface area contributed by atoms with Crippen molar-refractivity contribution in [1.29, 1.82) is 0 Å². The minimum Gasteiger partial charge on any atom is -0.265 e. The molecule has 0 fully saturated rings. The van der Waals surface area contributed by atoms with E-state index in [1.54, 1.807) is 0 Å². The Morgan fingerprint density at radius 2 is 1.75 bits per heavy atom. The van der Waals surface area contributed by atoms with Gasteiger partial charge in [0.15, 0.2) is 0 Å². The number of hydrogen-bond acceptors (Lipinski definition) is 1. The molecule has 0 amide bonds. The van der Waals surface area contributed by atoms with Gasteiger partial charge in [0.2, 0.25) is 0 Å². The summed E-state index contributed by atoms with van der Waals surface area (Å²) < 4.78 is 2.04. The highest BCUT2D eigenvalue weighted by Gasteiger charge is 2.07. The van der Waals surface area contributed by atoms with Crippen molar-refractivity contribution in [3.05, 3.63) is 51.8 Å². The minimum atomic E-state index is 0.772. The van der Waals surface area contributed by atoms with Crippen LogP contribution in [0.25, 0.3) is 0 Å². The number of nitrogens with zero attached hydrogens (tertiary/aromatic N) is 2. The Hall–Kier alpha value is -1.28. The number of rotatable bonds is 2. The molecule has 0 unspecified atom stereocenters. The van der Waals surface area contributed by atoms with Crippen LogP contribution in [0.1, 0.15) is 22.5 Å². The highest BCUT2D eigenvalue weighted by molar-refractivity contribution is 6.30. The molecule has 3 heteroatoms. The van der Waals surface area contributed by atoms with E-state index in [1.165, 1.54) is 16.8 Å². The third-order valence-electron chi connectivity index (χ3n) is 2.99. The van der Waals surface area contributed by atoms with E-state index in [0.29, 0.717) is 0 Å². The van der Waals surface area contributed by atoms with Gasteiger partial charge in [0.05, 0.1) is 12.2 Å². The normalized spacial score (nSPS) is 10.8. The summed E-state index contributed by atoms with van der Waals surface area (Å²) in [6.45, 7) is 7.06. The van der Waals surface area contributed by atoms with Crippen molar-refractivity contribution in [3.63, 3.8) is 0 Å².